The van der Waals surface area contributed by atoms with E-state index in [1.807, 2.05) is 48.5 Å². The van der Waals surface area contributed by atoms with Gasteiger partial charge in [0.05, 0.1) is 21.7 Å². The van der Waals surface area contributed by atoms with Crippen molar-refractivity contribution in [2.24, 2.45) is 0 Å². The number of hydrogen-bond acceptors (Lipinski definition) is 9. The number of hydrogen-bond donors (Lipinski definition) is 0. The number of amides is 1. The number of carbonyl (C=O) groups excluding carboxylic acids is 1. The Morgan fingerprint density at radius 2 is 1.63 bits per heavy atom. The van der Waals surface area contributed by atoms with Gasteiger partial charge in [-0.15, -0.1) is 0 Å². The van der Waals surface area contributed by atoms with Crippen molar-refractivity contribution in [3.63, 3.8) is 0 Å². The van der Waals surface area contributed by atoms with Gasteiger partial charge in [0, 0.05) is 49.3 Å². The third kappa shape index (κ3) is 5.35. The van der Waals surface area contributed by atoms with Gasteiger partial charge in [0.15, 0.2) is 5.65 Å². The number of rotatable bonds is 4. The molecule has 1 aliphatic rings. The molecule has 2 atom stereocenters. The minimum atomic E-state index is -4.00. The van der Waals surface area contributed by atoms with Crippen LogP contribution in [0.15, 0.2) is 54.1 Å². The topological polar surface area (TPSA) is 123 Å². The lowest BCUT2D eigenvalue weighted by Crippen LogP contribution is -2.59. The molecule has 4 heterocycles. The van der Waals surface area contributed by atoms with E-state index in [4.69, 9.17) is 4.74 Å². The van der Waals surface area contributed by atoms with Crippen molar-refractivity contribution in [1.82, 2.24) is 28.8 Å². The fourth-order valence-corrected chi connectivity index (χ4v) is 6.41. The van der Waals surface area contributed by atoms with Gasteiger partial charge in [-0.2, -0.15) is 0 Å². The fourth-order valence-electron chi connectivity index (χ4n) is 5.09. The Kier molecular flexibility index (Phi) is 7.22. The minimum Gasteiger partial charge on any atom is -0.444 e. The number of aromatic nitrogens is 5. The summed E-state index contributed by atoms with van der Waals surface area (Å²) in [6.07, 6.45) is 5.74. The molecule has 1 aliphatic heterocycles. The molecular formula is C29H35N7O4S. The Hall–Kier alpha value is -4.06. The molecule has 216 valence electrons. The zero-order valence-corrected chi connectivity index (χ0v) is 25.2. The van der Waals surface area contributed by atoms with E-state index in [1.54, 1.807) is 47.8 Å². The van der Waals surface area contributed by atoms with Crippen LogP contribution in [0.4, 0.5) is 10.6 Å². The van der Waals surface area contributed by atoms with Gasteiger partial charge in [0.25, 0.3) is 10.0 Å². The molecule has 11 nitrogen and oxygen atoms in total. The third-order valence-corrected chi connectivity index (χ3v) is 8.80. The van der Waals surface area contributed by atoms with Gasteiger partial charge in [-0.3, -0.25) is 9.97 Å². The molecule has 0 saturated carbocycles. The van der Waals surface area contributed by atoms with E-state index in [0.29, 0.717) is 41.2 Å². The van der Waals surface area contributed by atoms with Gasteiger partial charge in [-0.25, -0.2) is 27.2 Å². The number of aryl methyl sites for hydroxylation is 2. The summed E-state index contributed by atoms with van der Waals surface area (Å²) in [4.78, 5) is 35.0. The van der Waals surface area contributed by atoms with E-state index in [1.165, 1.54) is 10.3 Å². The smallest absolute Gasteiger partial charge is 0.410 e. The molecule has 12 heteroatoms. The van der Waals surface area contributed by atoms with Crippen LogP contribution < -0.4 is 4.90 Å². The lowest BCUT2D eigenvalue weighted by Gasteiger charge is -2.44. The van der Waals surface area contributed by atoms with E-state index in [-0.39, 0.29) is 28.7 Å². The van der Waals surface area contributed by atoms with Crippen LogP contribution in [0.2, 0.25) is 0 Å². The predicted octanol–water partition coefficient (Wildman–Crippen LogP) is 4.58. The first-order valence-electron chi connectivity index (χ1n) is 13.5. The predicted molar refractivity (Wildman–Crippen MR) is 156 cm³/mol. The van der Waals surface area contributed by atoms with E-state index < -0.39 is 15.6 Å². The maximum absolute atomic E-state index is 13.9. The second kappa shape index (κ2) is 10.4. The number of anilines is 1. The van der Waals surface area contributed by atoms with Crippen molar-refractivity contribution in [3.05, 3.63) is 60.4 Å². The highest BCUT2D eigenvalue weighted by Gasteiger charge is 2.37. The zero-order chi connectivity index (χ0) is 29.7. The molecule has 0 N–H and O–H groups in total. The normalized spacial score (nSPS) is 18.1. The molecule has 0 aliphatic carbocycles. The SMILES string of the molecule is Cc1ccc(S(=O)(=O)n2cc(-c3nccnc3C)c3c(N4CC(C)N(C(=O)OC(C)(C)C)CC4C)ncnc32)cc1. The molecule has 2 unspecified atom stereocenters. The summed E-state index contributed by atoms with van der Waals surface area (Å²) in [7, 11) is -4.00. The quantitative estimate of drug-likeness (QED) is 0.343. The van der Waals surface area contributed by atoms with Crippen LogP contribution in [0.5, 0.6) is 0 Å². The molecule has 41 heavy (non-hydrogen) atoms. The Morgan fingerprint density at radius 1 is 0.951 bits per heavy atom. The van der Waals surface area contributed by atoms with Gasteiger partial charge >= 0.3 is 6.09 Å². The van der Waals surface area contributed by atoms with Crippen molar-refractivity contribution < 1.29 is 17.9 Å². The van der Waals surface area contributed by atoms with Crippen molar-refractivity contribution in [3.8, 4) is 11.3 Å². The molecule has 1 fully saturated rings. The van der Waals surface area contributed by atoms with Crippen molar-refractivity contribution in [2.45, 2.75) is 71.0 Å². The molecular weight excluding hydrogens is 542 g/mol. The first-order chi connectivity index (χ1) is 19.3. The zero-order valence-electron chi connectivity index (χ0n) is 24.4. The highest BCUT2D eigenvalue weighted by molar-refractivity contribution is 7.90. The molecule has 0 radical (unpaired) electrons. The molecule has 5 rings (SSSR count). The average Bonchev–Trinajstić information content (AvgIpc) is 3.30. The molecule has 3 aromatic heterocycles. The number of benzene rings is 1. The number of carbonyl (C=O) groups is 1. The summed E-state index contributed by atoms with van der Waals surface area (Å²) < 4.78 is 34.7. The molecule has 1 saturated heterocycles. The molecule has 0 bridgehead atoms. The maximum atomic E-state index is 13.9. The van der Waals surface area contributed by atoms with Gasteiger partial charge in [-0.1, -0.05) is 17.7 Å². The number of ether oxygens (including phenoxy) is 1. The van der Waals surface area contributed by atoms with Crippen LogP contribution >= 0.6 is 0 Å². The molecule has 1 amide bonds. The lowest BCUT2D eigenvalue weighted by atomic mass is 10.1. The summed E-state index contributed by atoms with van der Waals surface area (Å²) in [6, 6.07) is 6.37. The van der Waals surface area contributed by atoms with Crippen LogP contribution in [-0.2, 0) is 14.8 Å². The third-order valence-electron chi connectivity index (χ3n) is 7.13. The van der Waals surface area contributed by atoms with Crippen molar-refractivity contribution in [2.75, 3.05) is 18.0 Å². The van der Waals surface area contributed by atoms with Crippen LogP contribution in [0.3, 0.4) is 0 Å². The maximum Gasteiger partial charge on any atom is 0.410 e. The van der Waals surface area contributed by atoms with E-state index in [0.717, 1.165) is 5.56 Å². The second-order valence-electron chi connectivity index (χ2n) is 11.5. The van der Waals surface area contributed by atoms with Crippen LogP contribution in [0, 0.1) is 13.8 Å². The monoisotopic (exact) mass is 577 g/mol. The first-order valence-corrected chi connectivity index (χ1v) is 14.9. The fraction of sp³-hybridized carbons (Fsp3) is 0.414. The Labute approximate surface area is 240 Å². The lowest BCUT2D eigenvalue weighted by molar-refractivity contribution is 0.0130. The largest absolute Gasteiger partial charge is 0.444 e. The molecule has 1 aromatic carbocycles. The standard InChI is InChI=1S/C29H35N7O4S/c1-18-8-10-22(11-9-18)41(38,39)36-16-23(25-21(4)30-12-13-31-25)24-26(32-17-33-27(24)36)34-14-20(3)35(15-19(34)2)28(37)40-29(5,6)7/h8-13,16-17,19-20H,14-15H2,1-7H3. The summed E-state index contributed by atoms with van der Waals surface area (Å²) in [5, 5.41) is 0.552. The average molecular weight is 578 g/mol. The van der Waals surface area contributed by atoms with Gasteiger partial charge in [0.2, 0.25) is 0 Å². The van der Waals surface area contributed by atoms with E-state index in [9.17, 15) is 13.2 Å². The van der Waals surface area contributed by atoms with E-state index in [2.05, 4.69) is 24.8 Å². The summed E-state index contributed by atoms with van der Waals surface area (Å²) >= 11 is 0. The highest BCUT2D eigenvalue weighted by Crippen LogP contribution is 2.38. The van der Waals surface area contributed by atoms with Gasteiger partial charge < -0.3 is 14.5 Å². The van der Waals surface area contributed by atoms with Crippen molar-refractivity contribution in [1.29, 1.82) is 0 Å². The minimum absolute atomic E-state index is 0.148. The molecule has 0 spiro atoms. The van der Waals surface area contributed by atoms with Crippen LogP contribution in [0.25, 0.3) is 22.3 Å². The van der Waals surface area contributed by atoms with Crippen LogP contribution in [-0.4, -0.2) is 74.1 Å². The van der Waals surface area contributed by atoms with Gasteiger partial charge in [-0.05, 0) is 60.6 Å². The summed E-state index contributed by atoms with van der Waals surface area (Å²) in [6.45, 7) is 14.1. The number of fused-ring (bicyclic) bond motifs is 1. The van der Waals surface area contributed by atoms with Crippen molar-refractivity contribution >= 4 is 33.0 Å². The Morgan fingerprint density at radius 3 is 2.29 bits per heavy atom. The number of nitrogens with zero attached hydrogens (tertiary/aromatic N) is 7. The Bertz CT molecular complexity index is 1710. The summed E-state index contributed by atoms with van der Waals surface area (Å²) in [5.41, 5.74) is 2.34. The number of piperazine rings is 1. The van der Waals surface area contributed by atoms with Crippen LogP contribution in [0.1, 0.15) is 45.9 Å². The highest BCUT2D eigenvalue weighted by atomic mass is 32.2. The summed E-state index contributed by atoms with van der Waals surface area (Å²) in [5.74, 6) is 0.566. The van der Waals surface area contributed by atoms with E-state index >= 15 is 0 Å². The first kappa shape index (κ1) is 28.5. The Balaban J connectivity index is 1.66. The molecule has 4 aromatic rings. The second-order valence-corrected chi connectivity index (χ2v) is 13.3. The van der Waals surface area contributed by atoms with Gasteiger partial charge in [0.1, 0.15) is 17.7 Å².